The Balaban J connectivity index is 1.38. The zero-order valence-corrected chi connectivity index (χ0v) is 17.9. The Morgan fingerprint density at radius 2 is 1.68 bits per heavy atom. The highest BCUT2D eigenvalue weighted by atomic mass is 16.8. The summed E-state index contributed by atoms with van der Waals surface area (Å²) < 4.78 is 31.0. The van der Waals surface area contributed by atoms with Gasteiger partial charge < -0.3 is 28.3 Å². The van der Waals surface area contributed by atoms with Gasteiger partial charge in [0.05, 0.1) is 33.7 Å². The van der Waals surface area contributed by atoms with Gasteiger partial charge in [-0.1, -0.05) is 12.1 Å². The summed E-state index contributed by atoms with van der Waals surface area (Å²) in [5, 5.41) is 0. The number of ether oxygens (including phenoxy) is 5. The second-order valence-electron chi connectivity index (χ2n) is 7.53. The summed E-state index contributed by atoms with van der Waals surface area (Å²) in [6.07, 6.45) is 6.85. The molecule has 0 aliphatic carbocycles. The molecule has 0 spiro atoms. The van der Waals surface area contributed by atoms with Gasteiger partial charge in [0, 0.05) is 18.8 Å². The molecule has 0 N–H and O–H groups in total. The molecule has 2 unspecified atom stereocenters. The van der Waals surface area contributed by atoms with Gasteiger partial charge in [-0.25, -0.2) is 4.98 Å². The Labute approximate surface area is 182 Å². The minimum absolute atomic E-state index is 0.151. The Kier molecular flexibility index (Phi) is 6.74. The predicted molar refractivity (Wildman–Crippen MR) is 116 cm³/mol. The van der Waals surface area contributed by atoms with Gasteiger partial charge in [-0.15, -0.1) is 0 Å². The van der Waals surface area contributed by atoms with Crippen LogP contribution in [0.1, 0.15) is 12.0 Å². The van der Waals surface area contributed by atoms with E-state index in [9.17, 15) is 0 Å². The van der Waals surface area contributed by atoms with E-state index in [1.807, 2.05) is 47.2 Å². The Bertz CT molecular complexity index is 928. The lowest BCUT2D eigenvalue weighted by Gasteiger charge is -2.28. The van der Waals surface area contributed by atoms with Crippen LogP contribution < -0.4 is 14.2 Å². The zero-order valence-electron chi connectivity index (χ0n) is 17.9. The number of hydrogen-bond donors (Lipinski definition) is 0. The van der Waals surface area contributed by atoms with E-state index in [1.54, 1.807) is 26.7 Å². The van der Waals surface area contributed by atoms with Gasteiger partial charge in [0.1, 0.15) is 30.0 Å². The van der Waals surface area contributed by atoms with Crippen molar-refractivity contribution in [3.05, 3.63) is 72.8 Å². The molecule has 0 saturated carbocycles. The SMILES string of the molecule is COc1ccc(CCC2(Cn3ccnc3)OCC(COc3ccc(OC)cc3)O2)cc1. The Morgan fingerprint density at radius 1 is 1.00 bits per heavy atom. The molecule has 2 aromatic carbocycles. The van der Waals surface area contributed by atoms with E-state index < -0.39 is 5.79 Å². The van der Waals surface area contributed by atoms with Crippen LogP contribution in [0, 0.1) is 0 Å². The quantitative estimate of drug-likeness (QED) is 0.494. The highest BCUT2D eigenvalue weighted by Gasteiger charge is 2.42. The average Bonchev–Trinajstić information content (AvgIpc) is 3.47. The first kappa shape index (κ1) is 21.2. The fraction of sp³-hybridized carbons (Fsp3) is 0.375. The van der Waals surface area contributed by atoms with Crippen molar-refractivity contribution in [2.45, 2.75) is 31.3 Å². The second kappa shape index (κ2) is 9.85. The van der Waals surface area contributed by atoms with Crippen LogP contribution in [0.3, 0.4) is 0 Å². The van der Waals surface area contributed by atoms with Crippen molar-refractivity contribution in [2.24, 2.45) is 0 Å². The van der Waals surface area contributed by atoms with Gasteiger partial charge in [0.2, 0.25) is 0 Å². The van der Waals surface area contributed by atoms with Crippen molar-refractivity contribution in [3.8, 4) is 17.2 Å². The van der Waals surface area contributed by atoms with E-state index >= 15 is 0 Å². The first-order valence-electron chi connectivity index (χ1n) is 10.4. The highest BCUT2D eigenvalue weighted by molar-refractivity contribution is 5.31. The number of aryl methyl sites for hydroxylation is 1. The maximum absolute atomic E-state index is 6.41. The van der Waals surface area contributed by atoms with Crippen LogP contribution in [0.15, 0.2) is 67.3 Å². The molecule has 4 rings (SSSR count). The van der Waals surface area contributed by atoms with Crippen molar-refractivity contribution in [2.75, 3.05) is 27.4 Å². The molecule has 0 amide bonds. The van der Waals surface area contributed by atoms with Crippen LogP contribution in [-0.2, 0) is 22.4 Å². The lowest BCUT2D eigenvalue weighted by Crippen LogP contribution is -2.37. The van der Waals surface area contributed by atoms with E-state index in [0.29, 0.717) is 19.8 Å². The first-order valence-corrected chi connectivity index (χ1v) is 10.4. The summed E-state index contributed by atoms with van der Waals surface area (Å²) in [5.41, 5.74) is 1.20. The van der Waals surface area contributed by atoms with Gasteiger partial charge in [-0.3, -0.25) is 0 Å². The minimum Gasteiger partial charge on any atom is -0.497 e. The average molecular weight is 424 g/mol. The van der Waals surface area contributed by atoms with E-state index in [4.69, 9.17) is 23.7 Å². The van der Waals surface area contributed by atoms with Gasteiger partial charge in [-0.05, 0) is 48.4 Å². The molecule has 0 bridgehead atoms. The molecule has 1 fully saturated rings. The Hall–Kier alpha value is -3.03. The molecule has 1 aliphatic rings. The molecule has 1 aliphatic heterocycles. The summed E-state index contributed by atoms with van der Waals surface area (Å²) in [6.45, 7) is 1.47. The molecule has 2 heterocycles. The summed E-state index contributed by atoms with van der Waals surface area (Å²) in [7, 11) is 3.31. The van der Waals surface area contributed by atoms with Crippen molar-refractivity contribution in [1.29, 1.82) is 0 Å². The van der Waals surface area contributed by atoms with E-state index in [1.165, 1.54) is 5.56 Å². The molecule has 31 heavy (non-hydrogen) atoms. The molecule has 1 aromatic heterocycles. The molecule has 0 radical (unpaired) electrons. The van der Waals surface area contributed by atoms with Crippen molar-refractivity contribution in [3.63, 3.8) is 0 Å². The molecule has 7 heteroatoms. The lowest BCUT2D eigenvalue weighted by atomic mass is 10.0. The lowest BCUT2D eigenvalue weighted by molar-refractivity contribution is -0.184. The number of methoxy groups -OCH3 is 2. The number of aromatic nitrogens is 2. The summed E-state index contributed by atoms with van der Waals surface area (Å²) in [4.78, 5) is 4.14. The third-order valence-corrected chi connectivity index (χ3v) is 5.35. The third-order valence-electron chi connectivity index (χ3n) is 5.35. The summed E-state index contributed by atoms with van der Waals surface area (Å²) in [5.74, 6) is 1.69. The van der Waals surface area contributed by atoms with Crippen LogP contribution in [0.25, 0.3) is 0 Å². The fourth-order valence-electron chi connectivity index (χ4n) is 3.64. The van der Waals surface area contributed by atoms with Gasteiger partial charge in [0.15, 0.2) is 5.79 Å². The van der Waals surface area contributed by atoms with Crippen molar-refractivity contribution >= 4 is 0 Å². The molecule has 2 atom stereocenters. The highest BCUT2D eigenvalue weighted by Crippen LogP contribution is 2.31. The van der Waals surface area contributed by atoms with Gasteiger partial charge in [0.25, 0.3) is 0 Å². The monoisotopic (exact) mass is 424 g/mol. The van der Waals surface area contributed by atoms with E-state index in [0.717, 1.165) is 30.1 Å². The van der Waals surface area contributed by atoms with Crippen LogP contribution in [0.5, 0.6) is 17.2 Å². The standard InChI is InChI=1S/C24H28N2O5/c1-27-20-5-3-19(4-6-20)11-12-24(17-26-14-13-25-18-26)30-16-23(31-24)15-29-22-9-7-21(28-2)8-10-22/h3-10,13-14,18,23H,11-12,15-17H2,1-2H3. The van der Waals surface area contributed by atoms with Crippen molar-refractivity contribution in [1.82, 2.24) is 9.55 Å². The van der Waals surface area contributed by atoms with E-state index in [-0.39, 0.29) is 6.10 Å². The minimum atomic E-state index is -0.728. The molecule has 3 aromatic rings. The van der Waals surface area contributed by atoms with Crippen LogP contribution in [0.2, 0.25) is 0 Å². The molecular weight excluding hydrogens is 396 g/mol. The first-order chi connectivity index (χ1) is 15.2. The van der Waals surface area contributed by atoms with E-state index in [2.05, 4.69) is 17.1 Å². The predicted octanol–water partition coefficient (Wildman–Crippen LogP) is 3.72. The zero-order chi connectivity index (χ0) is 21.5. The molecule has 1 saturated heterocycles. The number of imidazole rings is 1. The third kappa shape index (κ3) is 5.57. The maximum atomic E-state index is 6.41. The normalized spacial score (nSPS) is 20.5. The van der Waals surface area contributed by atoms with Crippen LogP contribution in [-0.4, -0.2) is 48.9 Å². The smallest absolute Gasteiger partial charge is 0.187 e. The van der Waals surface area contributed by atoms with Gasteiger partial charge >= 0.3 is 0 Å². The second-order valence-corrected chi connectivity index (χ2v) is 7.53. The number of nitrogens with zero attached hydrogens (tertiary/aromatic N) is 2. The Morgan fingerprint density at radius 3 is 2.32 bits per heavy atom. The van der Waals surface area contributed by atoms with Crippen molar-refractivity contribution < 1.29 is 23.7 Å². The van der Waals surface area contributed by atoms with Gasteiger partial charge in [-0.2, -0.15) is 0 Å². The summed E-state index contributed by atoms with van der Waals surface area (Å²) >= 11 is 0. The number of benzene rings is 2. The summed E-state index contributed by atoms with van der Waals surface area (Å²) in [6, 6.07) is 15.6. The topological polar surface area (TPSA) is 64.0 Å². The van der Waals surface area contributed by atoms with Crippen LogP contribution >= 0.6 is 0 Å². The largest absolute Gasteiger partial charge is 0.497 e. The molecule has 7 nitrogen and oxygen atoms in total. The maximum Gasteiger partial charge on any atom is 0.187 e. The number of hydrogen-bond acceptors (Lipinski definition) is 6. The van der Waals surface area contributed by atoms with Crippen LogP contribution in [0.4, 0.5) is 0 Å². The fourth-order valence-corrected chi connectivity index (χ4v) is 3.64. The number of rotatable bonds is 10. The molecule has 164 valence electrons. The molecular formula is C24H28N2O5.